The largest absolute Gasteiger partial charge is 0.323 e. The van der Waals surface area contributed by atoms with Crippen molar-refractivity contribution < 1.29 is 13.9 Å². The smallest absolute Gasteiger partial charge is 0.295 e. The number of benzene rings is 1. The van der Waals surface area contributed by atoms with Crippen LogP contribution in [-0.2, 0) is 13.9 Å². The van der Waals surface area contributed by atoms with Crippen molar-refractivity contribution in [2.24, 2.45) is 0 Å². The summed E-state index contributed by atoms with van der Waals surface area (Å²) in [5, 5.41) is 0.490. The molecule has 1 rings (SSSR count). The molecule has 4 heteroatoms. The molecular formula is C13H19O3P. The molecule has 0 amide bonds. The third-order valence-corrected chi connectivity index (χ3v) is 5.05. The van der Waals surface area contributed by atoms with E-state index in [4.69, 9.17) is 4.52 Å². The molecule has 0 heterocycles. The number of unbranched alkanes of at least 4 members (excludes halogenated alkanes) is 2. The molecule has 1 unspecified atom stereocenters. The first-order chi connectivity index (χ1) is 8.15. The molecule has 3 nitrogen and oxygen atoms in total. The van der Waals surface area contributed by atoms with Crippen LogP contribution in [0.3, 0.4) is 0 Å². The summed E-state index contributed by atoms with van der Waals surface area (Å²) in [7, 11) is -1.98. The Bertz CT molecular complexity index is 400. The quantitative estimate of drug-likeness (QED) is 0.553. The monoisotopic (exact) mass is 254 g/mol. The lowest BCUT2D eigenvalue weighted by molar-refractivity contribution is -0.112. The van der Waals surface area contributed by atoms with E-state index in [1.54, 1.807) is 24.3 Å². The van der Waals surface area contributed by atoms with E-state index in [9.17, 15) is 9.36 Å². The van der Waals surface area contributed by atoms with Gasteiger partial charge in [-0.15, -0.1) is 0 Å². The zero-order valence-electron chi connectivity index (χ0n) is 10.4. The van der Waals surface area contributed by atoms with Crippen LogP contribution in [0.2, 0.25) is 0 Å². The Morgan fingerprint density at radius 1 is 1.24 bits per heavy atom. The molecule has 0 saturated carbocycles. The normalized spacial score (nSPS) is 14.2. The summed E-state index contributed by atoms with van der Waals surface area (Å²) in [5.74, 6) is 0. The van der Waals surface area contributed by atoms with E-state index >= 15 is 0 Å². The van der Waals surface area contributed by atoms with Gasteiger partial charge in [-0.3, -0.25) is 9.36 Å². The molecule has 0 bridgehead atoms. The second-order valence-electron chi connectivity index (χ2n) is 3.92. The Balaban J connectivity index is 2.82. The summed E-state index contributed by atoms with van der Waals surface area (Å²) < 4.78 is 17.5. The molecule has 0 radical (unpaired) electrons. The maximum atomic E-state index is 12.5. The number of carbonyl (C=O) groups is 1. The van der Waals surface area contributed by atoms with Gasteiger partial charge >= 0.3 is 0 Å². The van der Waals surface area contributed by atoms with E-state index in [1.165, 1.54) is 7.11 Å². The maximum absolute atomic E-state index is 12.5. The minimum atomic E-state index is -3.32. The van der Waals surface area contributed by atoms with Gasteiger partial charge < -0.3 is 4.52 Å². The molecule has 94 valence electrons. The summed E-state index contributed by atoms with van der Waals surface area (Å²) in [4.78, 5) is 12.0. The van der Waals surface area contributed by atoms with Gasteiger partial charge in [-0.25, -0.2) is 0 Å². The van der Waals surface area contributed by atoms with E-state index in [0.29, 0.717) is 11.7 Å². The van der Waals surface area contributed by atoms with Gasteiger partial charge in [0, 0.05) is 18.8 Å². The zero-order chi connectivity index (χ0) is 12.7. The highest BCUT2D eigenvalue weighted by Crippen LogP contribution is 2.47. The number of hydrogen-bond donors (Lipinski definition) is 0. The number of carbonyl (C=O) groups excluding carboxylic acids is 1. The fourth-order valence-corrected chi connectivity index (χ4v) is 3.37. The Kier molecular flexibility index (Phi) is 5.60. The summed E-state index contributed by atoms with van der Waals surface area (Å²) in [5.41, 5.74) is -0.278. The van der Waals surface area contributed by atoms with Crippen LogP contribution in [0.15, 0.2) is 30.3 Å². The maximum Gasteiger partial charge on any atom is 0.295 e. The average molecular weight is 254 g/mol. The fourth-order valence-electron chi connectivity index (χ4n) is 1.65. The zero-order valence-corrected chi connectivity index (χ0v) is 11.3. The van der Waals surface area contributed by atoms with E-state index in [-0.39, 0.29) is 5.52 Å². The first kappa shape index (κ1) is 14.1. The topological polar surface area (TPSA) is 43.4 Å². The molecule has 0 saturated heterocycles. The van der Waals surface area contributed by atoms with E-state index in [1.807, 2.05) is 6.07 Å². The van der Waals surface area contributed by atoms with Gasteiger partial charge in [-0.1, -0.05) is 38.0 Å². The second kappa shape index (κ2) is 6.73. The van der Waals surface area contributed by atoms with Crippen LogP contribution in [0.1, 0.15) is 32.6 Å². The standard InChI is InChI=1S/C13H19O3P/c1-3-4-6-11-13(14)17(15,16-2)12-9-7-5-8-10-12/h5,7-10H,3-4,6,11H2,1-2H3. The molecule has 0 aliphatic carbocycles. The van der Waals surface area contributed by atoms with Gasteiger partial charge in [0.2, 0.25) is 5.52 Å². The fraction of sp³-hybridized carbons (Fsp3) is 0.462. The lowest BCUT2D eigenvalue weighted by Gasteiger charge is -2.14. The Hall–Kier alpha value is -0.920. The molecule has 0 spiro atoms. The van der Waals surface area contributed by atoms with Gasteiger partial charge in [0.1, 0.15) is 0 Å². The summed E-state index contributed by atoms with van der Waals surface area (Å²) in [6.07, 6.45) is 3.11. The minimum absolute atomic E-state index is 0.278. The van der Waals surface area contributed by atoms with Crippen molar-refractivity contribution in [1.29, 1.82) is 0 Å². The van der Waals surface area contributed by atoms with Crippen LogP contribution in [0.25, 0.3) is 0 Å². The molecule has 0 fully saturated rings. The van der Waals surface area contributed by atoms with Crippen molar-refractivity contribution in [3.05, 3.63) is 30.3 Å². The second-order valence-corrected chi connectivity index (χ2v) is 6.40. The molecule has 17 heavy (non-hydrogen) atoms. The molecule has 1 atom stereocenters. The predicted molar refractivity (Wildman–Crippen MR) is 69.8 cm³/mol. The first-order valence-electron chi connectivity index (χ1n) is 5.90. The molecule has 0 N–H and O–H groups in total. The van der Waals surface area contributed by atoms with E-state index in [2.05, 4.69) is 6.92 Å². The van der Waals surface area contributed by atoms with Crippen molar-refractivity contribution in [2.45, 2.75) is 32.6 Å². The van der Waals surface area contributed by atoms with Gasteiger partial charge in [-0.2, -0.15) is 0 Å². The van der Waals surface area contributed by atoms with E-state index in [0.717, 1.165) is 19.3 Å². The Morgan fingerprint density at radius 2 is 1.88 bits per heavy atom. The van der Waals surface area contributed by atoms with Crippen molar-refractivity contribution in [3.8, 4) is 0 Å². The summed E-state index contributed by atoms with van der Waals surface area (Å²) in [6.45, 7) is 2.07. The molecule has 1 aromatic carbocycles. The van der Waals surface area contributed by atoms with E-state index < -0.39 is 7.37 Å². The van der Waals surface area contributed by atoms with Crippen molar-refractivity contribution >= 4 is 18.2 Å². The molecule has 0 aliphatic rings. The van der Waals surface area contributed by atoms with Gasteiger partial charge in [0.25, 0.3) is 7.37 Å². The number of rotatable bonds is 7. The highest BCUT2D eigenvalue weighted by Gasteiger charge is 2.32. The number of hydrogen-bond acceptors (Lipinski definition) is 3. The highest BCUT2D eigenvalue weighted by atomic mass is 31.2. The third-order valence-electron chi connectivity index (χ3n) is 2.68. The SMILES string of the molecule is CCCCCC(=O)P(=O)(OC)c1ccccc1. The Labute approximate surface area is 103 Å². The van der Waals surface area contributed by atoms with Crippen LogP contribution in [0.4, 0.5) is 0 Å². The summed E-state index contributed by atoms with van der Waals surface area (Å²) in [6, 6.07) is 8.72. The molecule has 0 aromatic heterocycles. The lowest BCUT2D eigenvalue weighted by Crippen LogP contribution is -2.14. The average Bonchev–Trinajstić information content (AvgIpc) is 2.39. The van der Waals surface area contributed by atoms with Gasteiger partial charge in [0.15, 0.2) is 0 Å². The van der Waals surface area contributed by atoms with Crippen LogP contribution < -0.4 is 5.30 Å². The van der Waals surface area contributed by atoms with Crippen LogP contribution in [0, 0.1) is 0 Å². The lowest BCUT2D eigenvalue weighted by atomic mass is 10.2. The minimum Gasteiger partial charge on any atom is -0.323 e. The van der Waals surface area contributed by atoms with Crippen molar-refractivity contribution in [2.75, 3.05) is 7.11 Å². The predicted octanol–water partition coefficient (Wildman–Crippen LogP) is 3.34. The van der Waals surface area contributed by atoms with Crippen LogP contribution >= 0.6 is 7.37 Å². The van der Waals surface area contributed by atoms with Crippen molar-refractivity contribution in [3.63, 3.8) is 0 Å². The van der Waals surface area contributed by atoms with Gasteiger partial charge in [-0.05, 0) is 18.6 Å². The third kappa shape index (κ3) is 3.52. The van der Waals surface area contributed by atoms with Crippen molar-refractivity contribution in [1.82, 2.24) is 0 Å². The Morgan fingerprint density at radius 3 is 2.41 bits per heavy atom. The first-order valence-corrected chi connectivity index (χ1v) is 7.52. The molecule has 1 aromatic rings. The van der Waals surface area contributed by atoms with Gasteiger partial charge in [0.05, 0.1) is 0 Å². The summed E-state index contributed by atoms with van der Waals surface area (Å²) >= 11 is 0. The highest BCUT2D eigenvalue weighted by molar-refractivity contribution is 7.82. The van der Waals surface area contributed by atoms with Crippen LogP contribution in [0.5, 0.6) is 0 Å². The molecule has 0 aliphatic heterocycles. The molecular weight excluding hydrogens is 235 g/mol. The van der Waals surface area contributed by atoms with Crippen LogP contribution in [-0.4, -0.2) is 12.6 Å².